The van der Waals surface area contributed by atoms with Gasteiger partial charge in [-0.25, -0.2) is 8.57 Å². The SMILES string of the molecule is O=S(=NCc1ccccc1)(c1ccccc1)C(F)(F)F. The van der Waals surface area contributed by atoms with Crippen LogP contribution < -0.4 is 0 Å². The van der Waals surface area contributed by atoms with Gasteiger partial charge in [0.05, 0.1) is 11.4 Å². The lowest BCUT2D eigenvalue weighted by Crippen LogP contribution is -2.23. The van der Waals surface area contributed by atoms with Crippen molar-refractivity contribution in [2.75, 3.05) is 0 Å². The van der Waals surface area contributed by atoms with Gasteiger partial charge in [0.25, 0.3) is 0 Å². The van der Waals surface area contributed by atoms with Crippen molar-refractivity contribution in [2.24, 2.45) is 4.36 Å². The molecule has 20 heavy (non-hydrogen) atoms. The van der Waals surface area contributed by atoms with Crippen molar-refractivity contribution in [1.29, 1.82) is 0 Å². The fourth-order valence-electron chi connectivity index (χ4n) is 1.64. The molecule has 0 aromatic heterocycles. The van der Waals surface area contributed by atoms with E-state index in [2.05, 4.69) is 4.36 Å². The first-order valence-electron chi connectivity index (χ1n) is 5.82. The van der Waals surface area contributed by atoms with Crippen molar-refractivity contribution < 1.29 is 17.4 Å². The number of halogens is 3. The smallest absolute Gasteiger partial charge is 0.236 e. The van der Waals surface area contributed by atoms with Crippen molar-refractivity contribution in [3.63, 3.8) is 0 Å². The maximum absolute atomic E-state index is 13.1. The van der Waals surface area contributed by atoms with Gasteiger partial charge in [-0.2, -0.15) is 13.2 Å². The monoisotopic (exact) mass is 299 g/mol. The van der Waals surface area contributed by atoms with Crippen molar-refractivity contribution in [2.45, 2.75) is 16.9 Å². The second-order valence-corrected chi connectivity index (χ2v) is 6.30. The fourth-order valence-corrected chi connectivity index (χ4v) is 3.05. The summed E-state index contributed by atoms with van der Waals surface area (Å²) in [6.45, 7) is -0.242. The standard InChI is InChI=1S/C14H12F3NOS/c15-14(16,17)20(19,13-9-5-2-6-10-13)18-11-12-7-3-1-4-8-12/h1-10H,11H2. The molecule has 2 nitrogen and oxygen atoms in total. The molecule has 0 saturated heterocycles. The van der Waals surface area contributed by atoms with Crippen LogP contribution in [-0.4, -0.2) is 9.72 Å². The van der Waals surface area contributed by atoms with Crippen LogP contribution in [0.4, 0.5) is 13.2 Å². The van der Waals surface area contributed by atoms with Gasteiger partial charge in [-0.05, 0) is 17.7 Å². The Kier molecular flexibility index (Phi) is 4.13. The summed E-state index contributed by atoms with van der Waals surface area (Å²) >= 11 is 0. The first-order chi connectivity index (χ1) is 9.43. The minimum atomic E-state index is -4.90. The lowest BCUT2D eigenvalue weighted by atomic mass is 10.2. The molecule has 0 aliphatic heterocycles. The third kappa shape index (κ3) is 3.01. The lowest BCUT2D eigenvalue weighted by Gasteiger charge is -2.13. The Morgan fingerprint density at radius 3 is 1.90 bits per heavy atom. The van der Waals surface area contributed by atoms with Gasteiger partial charge >= 0.3 is 5.51 Å². The molecule has 0 aliphatic rings. The zero-order valence-corrected chi connectivity index (χ0v) is 11.2. The minimum absolute atomic E-state index is 0.242. The van der Waals surface area contributed by atoms with Crippen LogP contribution >= 0.6 is 0 Å². The van der Waals surface area contributed by atoms with Crippen LogP contribution in [0.1, 0.15) is 5.56 Å². The summed E-state index contributed by atoms with van der Waals surface area (Å²) in [6.07, 6.45) is 0. The number of rotatable bonds is 3. The summed E-state index contributed by atoms with van der Waals surface area (Å²) in [4.78, 5) is -0.316. The molecule has 0 aliphatic carbocycles. The predicted octanol–water partition coefficient (Wildman–Crippen LogP) is 4.23. The topological polar surface area (TPSA) is 29.4 Å². The Morgan fingerprint density at radius 2 is 1.40 bits per heavy atom. The summed E-state index contributed by atoms with van der Waals surface area (Å²) in [7, 11) is -4.46. The van der Waals surface area contributed by atoms with Crippen LogP contribution in [-0.2, 0) is 16.3 Å². The van der Waals surface area contributed by atoms with Crippen LogP contribution in [0.3, 0.4) is 0 Å². The molecule has 0 spiro atoms. The van der Waals surface area contributed by atoms with Crippen molar-refractivity contribution in [3.8, 4) is 0 Å². The van der Waals surface area contributed by atoms with E-state index in [-0.39, 0.29) is 11.4 Å². The van der Waals surface area contributed by atoms with Crippen LogP contribution in [0.25, 0.3) is 0 Å². The van der Waals surface area contributed by atoms with Crippen LogP contribution in [0.15, 0.2) is 69.9 Å². The highest BCUT2D eigenvalue weighted by molar-refractivity contribution is 7.94. The van der Waals surface area contributed by atoms with Gasteiger partial charge in [0.2, 0.25) is 0 Å². The lowest BCUT2D eigenvalue weighted by molar-refractivity contribution is -0.0404. The third-order valence-corrected chi connectivity index (χ3v) is 4.68. The maximum Gasteiger partial charge on any atom is 0.483 e. The third-order valence-electron chi connectivity index (χ3n) is 2.65. The van der Waals surface area contributed by atoms with Gasteiger partial charge in [0, 0.05) is 0 Å². The Labute approximate surface area is 115 Å². The van der Waals surface area contributed by atoms with E-state index in [9.17, 15) is 17.4 Å². The van der Waals surface area contributed by atoms with E-state index in [0.29, 0.717) is 5.56 Å². The summed E-state index contributed by atoms with van der Waals surface area (Å²) in [5, 5.41) is 0. The van der Waals surface area contributed by atoms with Gasteiger partial charge in [0.1, 0.15) is 0 Å². The van der Waals surface area contributed by atoms with E-state index in [1.54, 1.807) is 36.4 Å². The molecule has 0 bridgehead atoms. The van der Waals surface area contributed by atoms with E-state index >= 15 is 0 Å². The highest BCUT2D eigenvalue weighted by Crippen LogP contribution is 2.33. The van der Waals surface area contributed by atoms with Crippen molar-refractivity contribution in [1.82, 2.24) is 0 Å². The maximum atomic E-state index is 13.1. The minimum Gasteiger partial charge on any atom is -0.236 e. The fraction of sp³-hybridized carbons (Fsp3) is 0.143. The van der Waals surface area contributed by atoms with Gasteiger partial charge in [0.15, 0.2) is 9.73 Å². The molecule has 0 saturated carbocycles. The number of benzene rings is 2. The average molecular weight is 299 g/mol. The van der Waals surface area contributed by atoms with E-state index < -0.39 is 15.2 Å². The van der Waals surface area contributed by atoms with Gasteiger partial charge in [-0.15, -0.1) is 0 Å². The molecule has 0 fully saturated rings. The summed E-state index contributed by atoms with van der Waals surface area (Å²) in [5.74, 6) is 0. The van der Waals surface area contributed by atoms with E-state index in [0.717, 1.165) is 0 Å². The molecular formula is C14H12F3NOS. The zero-order valence-electron chi connectivity index (χ0n) is 10.4. The van der Waals surface area contributed by atoms with Crippen LogP contribution in [0.5, 0.6) is 0 Å². The van der Waals surface area contributed by atoms with Gasteiger partial charge < -0.3 is 0 Å². The normalized spacial score (nSPS) is 14.6. The number of alkyl halides is 3. The molecule has 6 heteroatoms. The second kappa shape index (κ2) is 5.66. The number of hydrogen-bond donors (Lipinski definition) is 0. The molecule has 2 aromatic rings. The van der Waals surface area contributed by atoms with Crippen molar-refractivity contribution >= 4 is 9.73 Å². The summed E-state index contributed by atoms with van der Waals surface area (Å²) in [5.41, 5.74) is -4.32. The molecule has 106 valence electrons. The molecule has 2 aromatic carbocycles. The van der Waals surface area contributed by atoms with Crippen molar-refractivity contribution in [3.05, 3.63) is 66.2 Å². The molecule has 2 rings (SSSR count). The highest BCUT2D eigenvalue weighted by Gasteiger charge is 2.44. The largest absolute Gasteiger partial charge is 0.483 e. The Balaban J connectivity index is 2.47. The summed E-state index contributed by atoms with van der Waals surface area (Å²) < 4.78 is 55.1. The molecule has 1 unspecified atom stereocenters. The molecule has 1 atom stereocenters. The Bertz CT molecular complexity index is 675. The van der Waals surface area contributed by atoms with Crippen LogP contribution in [0, 0.1) is 0 Å². The van der Waals surface area contributed by atoms with E-state index in [1.807, 2.05) is 0 Å². The molecule has 0 amide bonds. The first-order valence-corrected chi connectivity index (χ1v) is 7.33. The molecular weight excluding hydrogens is 287 g/mol. The van der Waals surface area contributed by atoms with Crippen LogP contribution in [0.2, 0.25) is 0 Å². The highest BCUT2D eigenvalue weighted by atomic mass is 32.2. The molecule has 0 N–H and O–H groups in total. The second-order valence-electron chi connectivity index (χ2n) is 4.06. The molecule has 0 heterocycles. The quantitative estimate of drug-likeness (QED) is 0.833. The van der Waals surface area contributed by atoms with Gasteiger partial charge in [-0.1, -0.05) is 48.5 Å². The molecule has 0 radical (unpaired) electrons. The number of nitrogens with zero attached hydrogens (tertiary/aromatic N) is 1. The zero-order chi connectivity index (χ0) is 14.6. The average Bonchev–Trinajstić information content (AvgIpc) is 2.45. The first kappa shape index (κ1) is 14.6. The summed E-state index contributed by atoms with van der Waals surface area (Å²) in [6, 6.07) is 15.2. The number of hydrogen-bond acceptors (Lipinski definition) is 2. The van der Waals surface area contributed by atoms with E-state index in [1.165, 1.54) is 24.3 Å². The Hall–Kier alpha value is -1.82. The Morgan fingerprint density at radius 1 is 0.900 bits per heavy atom. The van der Waals surface area contributed by atoms with E-state index in [4.69, 9.17) is 0 Å². The van der Waals surface area contributed by atoms with Gasteiger partial charge in [-0.3, -0.25) is 0 Å². The predicted molar refractivity (Wildman–Crippen MR) is 71.5 cm³/mol.